The first-order valence-electron chi connectivity index (χ1n) is 8.15. The van der Waals surface area contributed by atoms with Crippen molar-refractivity contribution in [2.75, 3.05) is 7.11 Å². The van der Waals surface area contributed by atoms with Gasteiger partial charge in [0.05, 0.1) is 12.0 Å². The average Bonchev–Trinajstić information content (AvgIpc) is 2.63. The molecule has 0 N–H and O–H groups in total. The minimum Gasteiger partial charge on any atom is -0.497 e. The van der Waals surface area contributed by atoms with E-state index in [1.165, 1.54) is 6.33 Å². The van der Waals surface area contributed by atoms with Crippen LogP contribution in [0.2, 0.25) is 0 Å². The van der Waals surface area contributed by atoms with Gasteiger partial charge >= 0.3 is 17.4 Å². The first-order chi connectivity index (χ1) is 12.2. The largest absolute Gasteiger partial charge is 0.497 e. The minimum absolute atomic E-state index is 0.0459. The van der Waals surface area contributed by atoms with Crippen LogP contribution in [0.5, 0.6) is 23.3 Å². The second-order valence-corrected chi connectivity index (χ2v) is 5.75. The molecule has 1 aromatic heterocycles. The van der Waals surface area contributed by atoms with Gasteiger partial charge in [0.25, 0.3) is 0 Å². The number of aromatic nitrogens is 2. The normalized spacial score (nSPS) is 14.8. The summed E-state index contributed by atoms with van der Waals surface area (Å²) in [5, 5.41) is 11.5. The number of nitrogens with zero attached hydrogens (tertiary/aromatic N) is 3. The van der Waals surface area contributed by atoms with Crippen molar-refractivity contribution in [3.8, 4) is 23.3 Å². The highest BCUT2D eigenvalue weighted by Gasteiger charge is 2.29. The molecule has 1 aliphatic rings. The van der Waals surface area contributed by atoms with Crippen molar-refractivity contribution in [1.29, 1.82) is 0 Å². The Morgan fingerprint density at radius 3 is 2.32 bits per heavy atom. The number of rotatable bonds is 6. The molecule has 25 heavy (non-hydrogen) atoms. The molecule has 1 fully saturated rings. The molecule has 1 heterocycles. The topological polar surface area (TPSA) is 96.6 Å². The zero-order valence-corrected chi connectivity index (χ0v) is 13.9. The number of hydrogen-bond acceptors (Lipinski definition) is 7. The molecule has 1 aromatic carbocycles. The summed E-state index contributed by atoms with van der Waals surface area (Å²) in [5.74, 6) is 0.878. The Hall–Kier alpha value is -2.90. The fourth-order valence-electron chi connectivity index (χ4n) is 2.76. The predicted molar refractivity (Wildman–Crippen MR) is 89.3 cm³/mol. The van der Waals surface area contributed by atoms with Gasteiger partial charge in [-0.05, 0) is 49.9 Å². The van der Waals surface area contributed by atoms with Gasteiger partial charge in [-0.3, -0.25) is 10.1 Å². The highest BCUT2D eigenvalue weighted by Crippen LogP contribution is 2.37. The molecule has 0 saturated heterocycles. The Labute approximate surface area is 144 Å². The summed E-state index contributed by atoms with van der Waals surface area (Å²) in [5.41, 5.74) is -0.358. The van der Waals surface area contributed by atoms with Crippen molar-refractivity contribution >= 4 is 5.69 Å². The summed E-state index contributed by atoms with van der Waals surface area (Å²) in [4.78, 5) is 18.8. The minimum atomic E-state index is -0.572. The van der Waals surface area contributed by atoms with Crippen LogP contribution in [-0.4, -0.2) is 28.1 Å². The molecule has 3 rings (SSSR count). The maximum atomic E-state index is 11.5. The third-order valence-corrected chi connectivity index (χ3v) is 4.04. The summed E-state index contributed by atoms with van der Waals surface area (Å²) >= 11 is 0. The highest BCUT2D eigenvalue weighted by molar-refractivity contribution is 5.51. The van der Waals surface area contributed by atoms with E-state index < -0.39 is 4.92 Å². The lowest BCUT2D eigenvalue weighted by atomic mass is 9.98. The van der Waals surface area contributed by atoms with E-state index in [1.54, 1.807) is 31.4 Å². The summed E-state index contributed by atoms with van der Waals surface area (Å²) in [6.07, 6.45) is 6.17. The van der Waals surface area contributed by atoms with Crippen LogP contribution < -0.4 is 14.2 Å². The third kappa shape index (κ3) is 4.14. The molecule has 0 spiro atoms. The number of nitro groups is 1. The van der Waals surface area contributed by atoms with Crippen molar-refractivity contribution in [3.63, 3.8) is 0 Å². The van der Waals surface area contributed by atoms with E-state index in [0.29, 0.717) is 11.5 Å². The molecule has 2 aromatic rings. The average molecular weight is 345 g/mol. The number of methoxy groups -OCH3 is 1. The lowest BCUT2D eigenvalue weighted by molar-refractivity contribution is -0.387. The Morgan fingerprint density at radius 1 is 1.04 bits per heavy atom. The SMILES string of the molecule is COc1ccc(Oc2ncnc(OC3CCCCC3)c2[N+](=O)[O-])cc1. The predicted octanol–water partition coefficient (Wildman–Crippen LogP) is 3.90. The Kier molecular flexibility index (Phi) is 5.27. The smallest absolute Gasteiger partial charge is 0.392 e. The van der Waals surface area contributed by atoms with Crippen molar-refractivity contribution in [2.24, 2.45) is 0 Å². The van der Waals surface area contributed by atoms with Gasteiger partial charge in [-0.25, -0.2) is 0 Å². The monoisotopic (exact) mass is 345 g/mol. The summed E-state index contributed by atoms with van der Waals surface area (Å²) < 4.78 is 16.4. The van der Waals surface area contributed by atoms with Crippen LogP contribution in [0.3, 0.4) is 0 Å². The number of benzene rings is 1. The number of hydrogen-bond donors (Lipinski definition) is 0. The molecule has 0 unspecified atom stereocenters. The van der Waals surface area contributed by atoms with E-state index in [-0.39, 0.29) is 23.6 Å². The van der Waals surface area contributed by atoms with Crippen LogP contribution in [0.25, 0.3) is 0 Å². The Bertz CT molecular complexity index is 730. The first kappa shape index (κ1) is 16.9. The van der Waals surface area contributed by atoms with Gasteiger partial charge in [-0.2, -0.15) is 9.97 Å². The van der Waals surface area contributed by atoms with Gasteiger partial charge in [0.2, 0.25) is 0 Å². The zero-order valence-electron chi connectivity index (χ0n) is 13.9. The molecule has 132 valence electrons. The van der Waals surface area contributed by atoms with Crippen molar-refractivity contribution in [1.82, 2.24) is 9.97 Å². The van der Waals surface area contributed by atoms with Crippen molar-refractivity contribution < 1.29 is 19.1 Å². The number of ether oxygens (including phenoxy) is 3. The zero-order chi connectivity index (χ0) is 17.6. The maximum Gasteiger partial charge on any atom is 0.392 e. The van der Waals surface area contributed by atoms with E-state index in [0.717, 1.165) is 32.1 Å². The van der Waals surface area contributed by atoms with Gasteiger partial charge in [-0.15, -0.1) is 0 Å². The highest BCUT2D eigenvalue weighted by atomic mass is 16.6. The van der Waals surface area contributed by atoms with Crippen LogP contribution >= 0.6 is 0 Å². The lowest BCUT2D eigenvalue weighted by Crippen LogP contribution is -2.21. The Morgan fingerprint density at radius 2 is 1.68 bits per heavy atom. The van der Waals surface area contributed by atoms with E-state index in [9.17, 15) is 10.1 Å². The van der Waals surface area contributed by atoms with Crippen LogP contribution in [0, 0.1) is 10.1 Å². The maximum absolute atomic E-state index is 11.5. The molecule has 1 saturated carbocycles. The van der Waals surface area contributed by atoms with Gasteiger partial charge in [0.1, 0.15) is 23.9 Å². The van der Waals surface area contributed by atoms with Gasteiger partial charge in [0.15, 0.2) is 0 Å². The van der Waals surface area contributed by atoms with Crippen LogP contribution in [0.4, 0.5) is 5.69 Å². The van der Waals surface area contributed by atoms with E-state index in [4.69, 9.17) is 14.2 Å². The molecule has 0 amide bonds. The van der Waals surface area contributed by atoms with Gasteiger partial charge < -0.3 is 14.2 Å². The third-order valence-electron chi connectivity index (χ3n) is 4.04. The first-order valence-corrected chi connectivity index (χ1v) is 8.15. The fourth-order valence-corrected chi connectivity index (χ4v) is 2.76. The van der Waals surface area contributed by atoms with E-state index >= 15 is 0 Å². The molecular weight excluding hydrogens is 326 g/mol. The van der Waals surface area contributed by atoms with Crippen LogP contribution in [0.1, 0.15) is 32.1 Å². The Balaban J connectivity index is 1.84. The summed E-state index contributed by atoms with van der Waals surface area (Å²) in [7, 11) is 1.56. The standard InChI is InChI=1S/C17H19N3O5/c1-23-12-7-9-14(10-8-12)25-17-15(20(21)22)16(18-11-19-17)24-13-5-3-2-4-6-13/h7-11,13H,2-6H2,1H3. The second-order valence-electron chi connectivity index (χ2n) is 5.75. The molecule has 8 heteroatoms. The molecular formula is C17H19N3O5. The van der Waals surface area contributed by atoms with E-state index in [2.05, 4.69) is 9.97 Å². The molecule has 0 bridgehead atoms. The lowest BCUT2D eigenvalue weighted by Gasteiger charge is -2.22. The molecule has 0 radical (unpaired) electrons. The van der Waals surface area contributed by atoms with Crippen molar-refractivity contribution in [3.05, 3.63) is 40.7 Å². The second kappa shape index (κ2) is 7.78. The molecule has 1 aliphatic carbocycles. The van der Waals surface area contributed by atoms with E-state index in [1.807, 2.05) is 0 Å². The van der Waals surface area contributed by atoms with Crippen LogP contribution in [-0.2, 0) is 0 Å². The van der Waals surface area contributed by atoms with Crippen molar-refractivity contribution in [2.45, 2.75) is 38.2 Å². The quantitative estimate of drug-likeness (QED) is 0.578. The summed E-state index contributed by atoms with van der Waals surface area (Å²) in [6.45, 7) is 0. The fraction of sp³-hybridized carbons (Fsp3) is 0.412. The molecule has 8 nitrogen and oxygen atoms in total. The van der Waals surface area contributed by atoms with Gasteiger partial charge in [0, 0.05) is 0 Å². The molecule has 0 aliphatic heterocycles. The molecule has 0 atom stereocenters. The van der Waals surface area contributed by atoms with Crippen LogP contribution in [0.15, 0.2) is 30.6 Å². The van der Waals surface area contributed by atoms with Gasteiger partial charge in [-0.1, -0.05) is 6.42 Å². The summed E-state index contributed by atoms with van der Waals surface area (Å²) in [6, 6.07) is 6.68.